The number of aromatic amines is 3. The van der Waals surface area contributed by atoms with Crippen LogP contribution < -0.4 is 10.3 Å². The summed E-state index contributed by atoms with van der Waals surface area (Å²) in [6, 6.07) is 14.1. The molecule has 0 saturated carbocycles. The molecule has 0 spiro atoms. The van der Waals surface area contributed by atoms with Gasteiger partial charge < -0.3 is 9.72 Å². The van der Waals surface area contributed by atoms with E-state index in [0.717, 1.165) is 29.8 Å². The van der Waals surface area contributed by atoms with Crippen molar-refractivity contribution in [3.8, 4) is 28.3 Å². The van der Waals surface area contributed by atoms with Crippen LogP contribution in [0.3, 0.4) is 0 Å². The summed E-state index contributed by atoms with van der Waals surface area (Å²) in [6.45, 7) is 2.38. The van der Waals surface area contributed by atoms with Gasteiger partial charge in [0, 0.05) is 6.42 Å². The molecule has 0 atom stereocenters. The van der Waals surface area contributed by atoms with E-state index in [1.165, 1.54) is 5.56 Å². The molecule has 0 aliphatic heterocycles. The van der Waals surface area contributed by atoms with Gasteiger partial charge in [0.15, 0.2) is 11.2 Å². The Hall–Kier alpha value is -4.41. The second-order valence-electron chi connectivity index (χ2n) is 7.12. The number of hydrogen-bond acceptors (Lipinski definition) is 8. The molecule has 0 aliphatic carbocycles. The zero-order valence-corrected chi connectivity index (χ0v) is 17.2. The molecule has 0 bridgehead atoms. The van der Waals surface area contributed by atoms with E-state index in [-0.39, 0.29) is 11.1 Å². The molecule has 2 aromatic carbocycles. The maximum Gasteiger partial charge on any atom is 0.281 e. The van der Waals surface area contributed by atoms with Crippen LogP contribution in [0, 0.1) is 0 Å². The third-order valence-electron chi connectivity index (χ3n) is 5.04. The highest BCUT2D eigenvalue weighted by molar-refractivity contribution is 5.76. The van der Waals surface area contributed by atoms with E-state index in [2.05, 4.69) is 58.1 Å². The maximum absolute atomic E-state index is 12.3. The van der Waals surface area contributed by atoms with Crippen LogP contribution in [-0.4, -0.2) is 52.6 Å². The molecule has 160 valence electrons. The summed E-state index contributed by atoms with van der Waals surface area (Å²) in [4.78, 5) is 19.5. The van der Waals surface area contributed by atoms with Crippen LogP contribution in [0.2, 0.25) is 0 Å². The summed E-state index contributed by atoms with van der Waals surface area (Å²) < 4.78 is 5.88. The molecule has 0 radical (unpaired) electrons. The van der Waals surface area contributed by atoms with E-state index >= 15 is 0 Å². The van der Waals surface area contributed by atoms with Gasteiger partial charge in [0.25, 0.3) is 5.56 Å². The van der Waals surface area contributed by atoms with Crippen molar-refractivity contribution in [3.63, 3.8) is 0 Å². The van der Waals surface area contributed by atoms with Gasteiger partial charge in [-0.1, -0.05) is 35.5 Å². The van der Waals surface area contributed by atoms with Gasteiger partial charge in [-0.25, -0.2) is 15.2 Å². The SMILES string of the molecule is CCOc1cc(-c2cccc(CCc3nnn[nH]3)c2)ccc1-c1nc2[nH]nnc2c(=O)[nH]1. The van der Waals surface area contributed by atoms with Gasteiger partial charge in [-0.05, 0) is 52.6 Å². The molecule has 0 saturated heterocycles. The Balaban J connectivity index is 1.48. The van der Waals surface area contributed by atoms with Crippen LogP contribution in [0.5, 0.6) is 5.75 Å². The third kappa shape index (κ3) is 3.83. The minimum absolute atomic E-state index is 0.168. The van der Waals surface area contributed by atoms with Crippen molar-refractivity contribution < 1.29 is 4.74 Å². The topological polar surface area (TPSA) is 151 Å². The highest BCUT2D eigenvalue weighted by Crippen LogP contribution is 2.33. The van der Waals surface area contributed by atoms with Gasteiger partial charge in [0.05, 0.1) is 12.2 Å². The Kier molecular flexibility index (Phi) is 5.12. The van der Waals surface area contributed by atoms with Gasteiger partial charge >= 0.3 is 0 Å². The van der Waals surface area contributed by atoms with Crippen molar-refractivity contribution in [3.05, 3.63) is 64.2 Å². The molecule has 0 fully saturated rings. The fourth-order valence-electron chi connectivity index (χ4n) is 3.51. The van der Waals surface area contributed by atoms with E-state index in [1.807, 2.05) is 37.3 Å². The van der Waals surface area contributed by atoms with E-state index in [1.54, 1.807) is 0 Å². The van der Waals surface area contributed by atoms with Crippen molar-refractivity contribution in [1.82, 2.24) is 46.0 Å². The number of aromatic nitrogens is 9. The van der Waals surface area contributed by atoms with Crippen LogP contribution in [0.15, 0.2) is 47.3 Å². The Morgan fingerprint density at radius 1 is 0.969 bits per heavy atom. The number of H-pyrrole nitrogens is 3. The molecule has 5 rings (SSSR count). The zero-order chi connectivity index (χ0) is 21.9. The summed E-state index contributed by atoms with van der Waals surface area (Å²) in [5, 5.41) is 24.0. The van der Waals surface area contributed by atoms with Crippen LogP contribution in [0.25, 0.3) is 33.7 Å². The molecule has 11 nitrogen and oxygen atoms in total. The minimum atomic E-state index is -0.361. The second kappa shape index (κ2) is 8.38. The first-order valence-electron chi connectivity index (χ1n) is 10.1. The number of nitrogens with zero attached hydrogens (tertiary/aromatic N) is 6. The fourth-order valence-corrected chi connectivity index (χ4v) is 3.51. The van der Waals surface area contributed by atoms with E-state index in [4.69, 9.17) is 4.74 Å². The first kappa shape index (κ1) is 19.5. The highest BCUT2D eigenvalue weighted by atomic mass is 16.5. The normalized spacial score (nSPS) is 11.2. The van der Waals surface area contributed by atoms with Crippen molar-refractivity contribution in [1.29, 1.82) is 0 Å². The lowest BCUT2D eigenvalue weighted by Crippen LogP contribution is -2.10. The molecule has 3 N–H and O–H groups in total. The number of hydrogen-bond donors (Lipinski definition) is 3. The van der Waals surface area contributed by atoms with Crippen molar-refractivity contribution in [2.45, 2.75) is 19.8 Å². The number of rotatable bonds is 7. The molecule has 3 aromatic heterocycles. The van der Waals surface area contributed by atoms with E-state index < -0.39 is 0 Å². The lowest BCUT2D eigenvalue weighted by Gasteiger charge is -2.12. The average Bonchev–Trinajstić information content (AvgIpc) is 3.50. The third-order valence-corrected chi connectivity index (χ3v) is 5.04. The molecule has 32 heavy (non-hydrogen) atoms. The van der Waals surface area contributed by atoms with Crippen molar-refractivity contribution in [2.75, 3.05) is 6.61 Å². The molecular weight excluding hydrogens is 410 g/mol. The number of benzene rings is 2. The van der Waals surface area contributed by atoms with Crippen LogP contribution in [0.4, 0.5) is 0 Å². The monoisotopic (exact) mass is 429 g/mol. The number of ether oxygens (including phenoxy) is 1. The highest BCUT2D eigenvalue weighted by Gasteiger charge is 2.14. The Morgan fingerprint density at radius 3 is 2.72 bits per heavy atom. The van der Waals surface area contributed by atoms with Crippen molar-refractivity contribution in [2.24, 2.45) is 0 Å². The summed E-state index contributed by atoms with van der Waals surface area (Å²) >= 11 is 0. The van der Waals surface area contributed by atoms with Crippen LogP contribution >= 0.6 is 0 Å². The van der Waals surface area contributed by atoms with Crippen LogP contribution in [0.1, 0.15) is 18.3 Å². The largest absolute Gasteiger partial charge is 0.493 e. The Labute approximate surface area is 181 Å². The fraction of sp³-hybridized carbons (Fsp3) is 0.190. The molecule has 0 amide bonds. The zero-order valence-electron chi connectivity index (χ0n) is 17.2. The molecule has 5 aromatic rings. The predicted octanol–water partition coefficient (Wildman–Crippen LogP) is 2.07. The van der Waals surface area contributed by atoms with Gasteiger partial charge in [0.1, 0.15) is 17.4 Å². The molecule has 0 unspecified atom stereocenters. The summed E-state index contributed by atoms with van der Waals surface area (Å²) in [5.41, 5.74) is 4.03. The van der Waals surface area contributed by atoms with E-state index in [9.17, 15) is 4.79 Å². The first-order valence-corrected chi connectivity index (χ1v) is 10.1. The number of tetrazole rings is 1. The minimum Gasteiger partial charge on any atom is -0.493 e. The van der Waals surface area contributed by atoms with Gasteiger partial charge in [-0.15, -0.1) is 10.2 Å². The smallest absolute Gasteiger partial charge is 0.281 e. The summed E-state index contributed by atoms with van der Waals surface area (Å²) in [5.74, 6) is 1.76. The number of nitrogens with one attached hydrogen (secondary N) is 3. The summed E-state index contributed by atoms with van der Waals surface area (Å²) in [6.07, 6.45) is 1.54. The maximum atomic E-state index is 12.3. The Morgan fingerprint density at radius 2 is 1.88 bits per heavy atom. The lowest BCUT2D eigenvalue weighted by atomic mass is 9.99. The molecular formula is C21H19N9O2. The molecule has 3 heterocycles. The van der Waals surface area contributed by atoms with Gasteiger partial charge in [-0.3, -0.25) is 4.79 Å². The average molecular weight is 429 g/mol. The standard InChI is InChI=1S/C21H19N9O2/c1-2-32-16-11-14(13-5-3-4-12(10-13)6-9-17-24-29-30-25-17)7-8-15(16)19-22-20-18(21(31)23-19)26-28-27-20/h3-5,7-8,10-11H,2,6,9H2,1H3,(H,24,25,29,30)(H2,22,23,26,27,28,31). The van der Waals surface area contributed by atoms with Crippen molar-refractivity contribution >= 4 is 11.2 Å². The molecule has 11 heteroatoms. The summed E-state index contributed by atoms with van der Waals surface area (Å²) in [7, 11) is 0. The van der Waals surface area contributed by atoms with Crippen LogP contribution in [-0.2, 0) is 12.8 Å². The lowest BCUT2D eigenvalue weighted by molar-refractivity contribution is 0.341. The molecule has 0 aliphatic rings. The van der Waals surface area contributed by atoms with E-state index in [0.29, 0.717) is 29.4 Å². The second-order valence-corrected chi connectivity index (χ2v) is 7.12. The first-order chi connectivity index (χ1) is 15.7. The van der Waals surface area contributed by atoms with Gasteiger partial charge in [-0.2, -0.15) is 0 Å². The number of fused-ring (bicyclic) bond motifs is 1. The number of aryl methyl sites for hydroxylation is 2. The predicted molar refractivity (Wildman–Crippen MR) is 116 cm³/mol. The van der Waals surface area contributed by atoms with Gasteiger partial charge in [0.2, 0.25) is 0 Å². The quantitative estimate of drug-likeness (QED) is 0.356. The Bertz CT molecular complexity index is 1420.